The monoisotopic (exact) mass is 188 g/mol. The number of aryl methyl sites for hydroxylation is 1. The highest BCUT2D eigenvalue weighted by molar-refractivity contribution is 7.82. The first-order chi connectivity index (χ1) is 5.61. The van der Waals surface area contributed by atoms with Crippen LogP contribution in [0.25, 0.3) is 0 Å². The Kier molecular flexibility index (Phi) is 2.83. The van der Waals surface area contributed by atoms with Gasteiger partial charge in [-0.1, -0.05) is 0 Å². The molecule has 1 unspecified atom stereocenters. The zero-order valence-electron chi connectivity index (χ0n) is 7.07. The van der Waals surface area contributed by atoms with Crippen LogP contribution in [0.4, 0.5) is 5.82 Å². The fourth-order valence-corrected chi connectivity index (χ4v) is 1.17. The molecule has 6 heteroatoms. The maximum Gasteiger partial charge on any atom is 0.125 e. The molecule has 1 rings (SSSR count). The second kappa shape index (κ2) is 3.68. The van der Waals surface area contributed by atoms with Crippen molar-refractivity contribution in [2.24, 2.45) is 7.05 Å². The molecule has 0 amide bonds. The molecule has 0 fully saturated rings. The van der Waals surface area contributed by atoms with E-state index in [1.54, 1.807) is 24.2 Å². The van der Waals surface area contributed by atoms with Gasteiger partial charge in [-0.05, 0) is 0 Å². The van der Waals surface area contributed by atoms with Gasteiger partial charge >= 0.3 is 0 Å². The van der Waals surface area contributed by atoms with Crippen LogP contribution >= 0.6 is 0 Å². The fraction of sp³-hybridized carbons (Fsp3) is 0.500. The molecule has 3 N–H and O–H groups in total. The molecule has 1 heterocycles. The number of anilines is 1. The highest BCUT2D eigenvalue weighted by Gasteiger charge is 2.03. The Bertz CT molecular complexity index is 296. The molecule has 0 aromatic carbocycles. The lowest BCUT2D eigenvalue weighted by molar-refractivity contribution is 0.676. The number of nitrogens with two attached hydrogens (primary N) is 1. The summed E-state index contributed by atoms with van der Waals surface area (Å²) in [5.41, 5.74) is 6.52. The number of nitrogen functional groups attached to an aromatic ring is 1. The third-order valence-electron chi connectivity index (χ3n) is 1.53. The van der Waals surface area contributed by atoms with Crippen molar-refractivity contribution in [3.05, 3.63) is 11.8 Å². The lowest BCUT2D eigenvalue weighted by atomic mass is 10.3. The summed E-state index contributed by atoms with van der Waals surface area (Å²) in [6.07, 6.45) is 3.24. The van der Waals surface area contributed by atoms with E-state index in [4.69, 9.17) is 5.73 Å². The number of aromatic nitrogens is 2. The molecule has 0 radical (unpaired) electrons. The van der Waals surface area contributed by atoms with E-state index in [2.05, 4.69) is 9.82 Å². The summed E-state index contributed by atoms with van der Waals surface area (Å²) in [4.78, 5) is 0. The Morgan fingerprint density at radius 1 is 1.83 bits per heavy atom. The van der Waals surface area contributed by atoms with E-state index in [1.807, 2.05) is 0 Å². The van der Waals surface area contributed by atoms with Gasteiger partial charge in [-0.15, -0.1) is 0 Å². The second-order valence-electron chi connectivity index (χ2n) is 2.45. The summed E-state index contributed by atoms with van der Waals surface area (Å²) in [6.45, 7) is 0.489. The van der Waals surface area contributed by atoms with E-state index in [0.29, 0.717) is 12.4 Å². The third kappa shape index (κ3) is 2.05. The Morgan fingerprint density at radius 2 is 2.50 bits per heavy atom. The van der Waals surface area contributed by atoms with Crippen molar-refractivity contribution in [2.75, 3.05) is 12.0 Å². The lowest BCUT2D eigenvalue weighted by Crippen LogP contribution is -2.15. The first-order valence-electron chi connectivity index (χ1n) is 3.44. The molecule has 12 heavy (non-hydrogen) atoms. The highest BCUT2D eigenvalue weighted by Crippen LogP contribution is 2.07. The Morgan fingerprint density at radius 3 is 2.92 bits per heavy atom. The van der Waals surface area contributed by atoms with Crippen molar-refractivity contribution in [2.45, 2.75) is 6.54 Å². The SMILES string of the molecule is Cn1ncc(CNS(C)=O)c1N. The van der Waals surface area contributed by atoms with E-state index in [1.165, 1.54) is 0 Å². The molecular weight excluding hydrogens is 176 g/mol. The molecule has 0 saturated heterocycles. The average molecular weight is 188 g/mol. The minimum atomic E-state index is -1.01. The summed E-state index contributed by atoms with van der Waals surface area (Å²) in [6, 6.07) is 0. The predicted octanol–water partition coefficient (Wildman–Crippen LogP) is -0.615. The van der Waals surface area contributed by atoms with Gasteiger partial charge in [0.2, 0.25) is 0 Å². The van der Waals surface area contributed by atoms with Gasteiger partial charge in [-0.2, -0.15) is 5.10 Å². The molecule has 0 spiro atoms. The lowest BCUT2D eigenvalue weighted by Gasteiger charge is -1.99. The van der Waals surface area contributed by atoms with Crippen LogP contribution in [0.1, 0.15) is 5.56 Å². The smallest absolute Gasteiger partial charge is 0.125 e. The third-order valence-corrected chi connectivity index (χ3v) is 2.08. The molecule has 68 valence electrons. The predicted molar refractivity (Wildman–Crippen MR) is 48.5 cm³/mol. The van der Waals surface area contributed by atoms with Crippen molar-refractivity contribution in [1.29, 1.82) is 0 Å². The van der Waals surface area contributed by atoms with Crippen LogP contribution < -0.4 is 10.5 Å². The van der Waals surface area contributed by atoms with Gasteiger partial charge in [-0.3, -0.25) is 4.68 Å². The van der Waals surface area contributed by atoms with Crippen molar-refractivity contribution >= 4 is 16.8 Å². The molecule has 5 nitrogen and oxygen atoms in total. The fourth-order valence-electron chi connectivity index (χ4n) is 0.808. The van der Waals surface area contributed by atoms with Gasteiger partial charge in [0.15, 0.2) is 0 Å². The highest BCUT2D eigenvalue weighted by atomic mass is 32.2. The maximum absolute atomic E-state index is 10.7. The first-order valence-corrected chi connectivity index (χ1v) is 5.00. The second-order valence-corrected chi connectivity index (χ2v) is 3.65. The molecule has 0 bridgehead atoms. The van der Waals surface area contributed by atoms with Crippen LogP contribution in [0.3, 0.4) is 0 Å². The molecule has 1 atom stereocenters. The normalized spacial score (nSPS) is 13.2. The number of hydrogen-bond donors (Lipinski definition) is 2. The van der Waals surface area contributed by atoms with E-state index in [-0.39, 0.29) is 0 Å². The van der Waals surface area contributed by atoms with E-state index >= 15 is 0 Å². The number of hydrogen-bond acceptors (Lipinski definition) is 3. The van der Waals surface area contributed by atoms with Gasteiger partial charge in [0.05, 0.1) is 17.2 Å². The van der Waals surface area contributed by atoms with Crippen LogP contribution in [0.15, 0.2) is 6.20 Å². The number of rotatable bonds is 3. The van der Waals surface area contributed by atoms with Crippen molar-refractivity contribution in [3.63, 3.8) is 0 Å². The van der Waals surface area contributed by atoms with Crippen molar-refractivity contribution in [1.82, 2.24) is 14.5 Å². The van der Waals surface area contributed by atoms with E-state index in [0.717, 1.165) is 5.56 Å². The number of nitrogens with zero attached hydrogens (tertiary/aromatic N) is 2. The Balaban J connectivity index is 2.63. The van der Waals surface area contributed by atoms with Gasteiger partial charge in [0.1, 0.15) is 5.82 Å². The summed E-state index contributed by atoms with van der Waals surface area (Å²) >= 11 is 0. The van der Waals surface area contributed by atoms with Gasteiger partial charge in [-0.25, -0.2) is 8.93 Å². The topological polar surface area (TPSA) is 72.9 Å². The van der Waals surface area contributed by atoms with E-state index < -0.39 is 11.0 Å². The van der Waals surface area contributed by atoms with Crippen LogP contribution in [0.2, 0.25) is 0 Å². The molecule has 1 aromatic rings. The van der Waals surface area contributed by atoms with Crippen LogP contribution in [0.5, 0.6) is 0 Å². The number of nitrogens with one attached hydrogen (secondary N) is 1. The average Bonchev–Trinajstić information content (AvgIpc) is 2.30. The molecular formula is C6H12N4OS. The standard InChI is InChI=1S/C6H12N4OS/c1-10-6(7)5(3-8-10)4-9-12(2)11/h3,9H,4,7H2,1-2H3. The van der Waals surface area contributed by atoms with Gasteiger partial charge in [0, 0.05) is 25.4 Å². The van der Waals surface area contributed by atoms with Crippen molar-refractivity contribution in [3.8, 4) is 0 Å². The summed E-state index contributed by atoms with van der Waals surface area (Å²) in [5.74, 6) is 0.605. The van der Waals surface area contributed by atoms with Gasteiger partial charge < -0.3 is 5.73 Å². The summed E-state index contributed by atoms with van der Waals surface area (Å²) < 4.78 is 15.0. The minimum absolute atomic E-state index is 0.489. The summed E-state index contributed by atoms with van der Waals surface area (Å²) in [7, 11) is 0.758. The minimum Gasteiger partial charge on any atom is -0.384 e. The van der Waals surface area contributed by atoms with Crippen molar-refractivity contribution < 1.29 is 4.21 Å². The van der Waals surface area contributed by atoms with Gasteiger partial charge in [0.25, 0.3) is 0 Å². The first kappa shape index (κ1) is 9.21. The van der Waals surface area contributed by atoms with Crippen LogP contribution in [-0.2, 0) is 24.6 Å². The molecule has 0 saturated carbocycles. The maximum atomic E-state index is 10.7. The molecule has 0 aliphatic heterocycles. The Labute approximate surface area is 73.5 Å². The molecule has 1 aromatic heterocycles. The zero-order chi connectivity index (χ0) is 9.14. The van der Waals surface area contributed by atoms with Crippen LogP contribution in [0, 0.1) is 0 Å². The molecule has 0 aliphatic rings. The molecule has 0 aliphatic carbocycles. The Hall–Kier alpha value is -0.880. The van der Waals surface area contributed by atoms with Crippen LogP contribution in [-0.4, -0.2) is 20.2 Å². The quantitative estimate of drug-likeness (QED) is 0.664. The van der Waals surface area contributed by atoms with E-state index in [9.17, 15) is 4.21 Å². The zero-order valence-corrected chi connectivity index (χ0v) is 7.89. The largest absolute Gasteiger partial charge is 0.384 e. The summed E-state index contributed by atoms with van der Waals surface area (Å²) in [5, 5.41) is 3.95.